The monoisotopic (exact) mass is 466 g/mol. The molecule has 1 saturated carbocycles. The van der Waals surface area contributed by atoms with Crippen molar-refractivity contribution in [2.24, 2.45) is 0 Å². The molecule has 0 aliphatic heterocycles. The molecule has 3 aromatic heterocycles. The van der Waals surface area contributed by atoms with Gasteiger partial charge in [0.25, 0.3) is 23.1 Å². The van der Waals surface area contributed by atoms with Crippen molar-refractivity contribution in [2.45, 2.75) is 18.8 Å². The molecule has 172 valence electrons. The van der Waals surface area contributed by atoms with Crippen LogP contribution in [0, 0.1) is 0 Å². The zero-order valence-electron chi connectivity index (χ0n) is 18.2. The van der Waals surface area contributed by atoms with E-state index < -0.39 is 17.4 Å². The van der Waals surface area contributed by atoms with Crippen LogP contribution in [0.15, 0.2) is 70.0 Å². The summed E-state index contributed by atoms with van der Waals surface area (Å²) in [5.41, 5.74) is 6.98. The Bertz CT molecular complexity index is 1670. The maximum atomic E-state index is 13.3. The molecule has 5 aromatic rings. The topological polar surface area (TPSA) is 143 Å². The first-order valence-corrected chi connectivity index (χ1v) is 11.0. The zero-order valence-corrected chi connectivity index (χ0v) is 18.2. The molecule has 0 unspecified atom stereocenters. The van der Waals surface area contributed by atoms with Crippen LogP contribution in [0.5, 0.6) is 0 Å². The standard InChI is InChI=1S/C25H18N6O4/c32-22-16-9-5-4-8-15(16)21(27-28-22)24(34)30-29-23(33)17-12-18(13-10-11-13)26-25-19(17)20(31-35-25)14-6-2-1-3-7-14/h1-9,12-13H,10-11H2,(H,28,32)(H,29,33)(H,30,34). The van der Waals surface area contributed by atoms with E-state index in [0.29, 0.717) is 21.9 Å². The van der Waals surface area contributed by atoms with E-state index in [0.717, 1.165) is 24.1 Å². The number of amides is 2. The number of carbonyl (C=O) groups excluding carboxylic acids is 2. The van der Waals surface area contributed by atoms with Crippen LogP contribution in [0.3, 0.4) is 0 Å². The summed E-state index contributed by atoms with van der Waals surface area (Å²) in [6.07, 6.45) is 1.97. The predicted octanol–water partition coefficient (Wildman–Crippen LogP) is 3.08. The molecule has 2 amide bonds. The van der Waals surface area contributed by atoms with Crippen LogP contribution >= 0.6 is 0 Å². The number of carbonyl (C=O) groups is 2. The third-order valence-corrected chi connectivity index (χ3v) is 5.95. The van der Waals surface area contributed by atoms with Crippen molar-refractivity contribution in [3.63, 3.8) is 0 Å². The molecule has 1 aliphatic rings. The van der Waals surface area contributed by atoms with E-state index in [1.807, 2.05) is 30.3 Å². The van der Waals surface area contributed by atoms with Gasteiger partial charge < -0.3 is 4.52 Å². The molecule has 0 atom stereocenters. The molecule has 10 nitrogen and oxygen atoms in total. The van der Waals surface area contributed by atoms with Crippen molar-refractivity contribution in [3.05, 3.63) is 88.0 Å². The van der Waals surface area contributed by atoms with Crippen LogP contribution in [-0.4, -0.2) is 32.2 Å². The second kappa shape index (κ2) is 8.17. The Kier molecular flexibility index (Phi) is 4.84. The Labute approximate surface area is 197 Å². The van der Waals surface area contributed by atoms with Gasteiger partial charge >= 0.3 is 0 Å². The highest BCUT2D eigenvalue weighted by atomic mass is 16.5. The zero-order chi connectivity index (χ0) is 23.9. The summed E-state index contributed by atoms with van der Waals surface area (Å²) in [4.78, 5) is 42.7. The number of nitrogens with one attached hydrogen (secondary N) is 3. The fraction of sp³-hybridized carbons (Fsp3) is 0.120. The van der Waals surface area contributed by atoms with Crippen LogP contribution in [0.1, 0.15) is 45.3 Å². The summed E-state index contributed by atoms with van der Waals surface area (Å²) in [6, 6.07) is 17.7. The Morgan fingerprint density at radius 2 is 1.66 bits per heavy atom. The summed E-state index contributed by atoms with van der Waals surface area (Å²) in [5, 5.41) is 11.5. The third-order valence-electron chi connectivity index (χ3n) is 5.95. The first-order valence-electron chi connectivity index (χ1n) is 11.0. The highest BCUT2D eigenvalue weighted by molar-refractivity contribution is 6.11. The van der Waals surface area contributed by atoms with Gasteiger partial charge in [-0.25, -0.2) is 10.1 Å². The van der Waals surface area contributed by atoms with Crippen molar-refractivity contribution in [3.8, 4) is 11.3 Å². The fourth-order valence-corrected chi connectivity index (χ4v) is 4.06. The Hall–Kier alpha value is -4.86. The molecule has 2 aromatic carbocycles. The average Bonchev–Trinajstić information content (AvgIpc) is 3.66. The number of aromatic nitrogens is 4. The molecule has 0 bridgehead atoms. The smallest absolute Gasteiger partial charge is 0.290 e. The normalized spacial score (nSPS) is 13.1. The predicted molar refractivity (Wildman–Crippen MR) is 127 cm³/mol. The molecule has 10 heteroatoms. The maximum absolute atomic E-state index is 13.3. The van der Waals surface area contributed by atoms with Gasteiger partial charge in [0.2, 0.25) is 0 Å². The number of rotatable bonds is 4. The molecule has 6 rings (SSSR count). The van der Waals surface area contributed by atoms with Gasteiger partial charge in [-0.05, 0) is 25.0 Å². The number of H-pyrrole nitrogens is 1. The van der Waals surface area contributed by atoms with Gasteiger partial charge in [0, 0.05) is 22.6 Å². The molecule has 3 N–H and O–H groups in total. The number of nitrogens with zero attached hydrogens (tertiary/aromatic N) is 3. The minimum atomic E-state index is -0.674. The molecule has 0 saturated heterocycles. The number of hydrazine groups is 1. The first-order chi connectivity index (χ1) is 17.1. The minimum Gasteiger partial charge on any atom is -0.335 e. The van der Waals surface area contributed by atoms with E-state index in [1.165, 1.54) is 0 Å². The van der Waals surface area contributed by atoms with Gasteiger partial charge in [-0.15, -0.1) is 0 Å². The van der Waals surface area contributed by atoms with Crippen LogP contribution in [0.4, 0.5) is 0 Å². The SMILES string of the molecule is O=C(NNC(=O)c1cc(C2CC2)nc2onc(-c3ccccc3)c12)c1n[nH]c(=O)c2ccccc12. The van der Waals surface area contributed by atoms with E-state index in [2.05, 4.69) is 31.2 Å². The van der Waals surface area contributed by atoms with Crippen LogP contribution in [-0.2, 0) is 0 Å². The Morgan fingerprint density at radius 1 is 0.943 bits per heavy atom. The summed E-state index contributed by atoms with van der Waals surface area (Å²) in [5.74, 6) is -0.962. The highest BCUT2D eigenvalue weighted by Gasteiger charge is 2.29. The quantitative estimate of drug-likeness (QED) is 0.345. The van der Waals surface area contributed by atoms with Crippen molar-refractivity contribution in [2.75, 3.05) is 0 Å². The van der Waals surface area contributed by atoms with Gasteiger partial charge in [0.1, 0.15) is 5.69 Å². The van der Waals surface area contributed by atoms with Crippen molar-refractivity contribution in [1.29, 1.82) is 0 Å². The van der Waals surface area contributed by atoms with E-state index >= 15 is 0 Å². The van der Waals surface area contributed by atoms with Crippen molar-refractivity contribution in [1.82, 2.24) is 31.2 Å². The van der Waals surface area contributed by atoms with Crippen LogP contribution in [0.2, 0.25) is 0 Å². The molecular weight excluding hydrogens is 448 g/mol. The number of hydrogen-bond acceptors (Lipinski definition) is 7. The number of benzene rings is 2. The first kappa shape index (κ1) is 20.7. The molecule has 1 fully saturated rings. The van der Waals surface area contributed by atoms with Gasteiger partial charge in [-0.1, -0.05) is 53.7 Å². The number of hydrogen-bond donors (Lipinski definition) is 3. The third kappa shape index (κ3) is 3.70. The van der Waals surface area contributed by atoms with E-state index in [4.69, 9.17) is 4.52 Å². The van der Waals surface area contributed by atoms with Crippen LogP contribution < -0.4 is 16.4 Å². The molecule has 0 radical (unpaired) electrons. The Balaban J connectivity index is 1.35. The van der Waals surface area contributed by atoms with Gasteiger partial charge in [-0.2, -0.15) is 5.10 Å². The lowest BCUT2D eigenvalue weighted by Gasteiger charge is -2.10. The molecule has 1 aliphatic carbocycles. The van der Waals surface area contributed by atoms with Gasteiger partial charge in [0.05, 0.1) is 16.3 Å². The molecule has 0 spiro atoms. The number of aromatic amines is 1. The van der Waals surface area contributed by atoms with E-state index in [-0.39, 0.29) is 22.9 Å². The highest BCUT2D eigenvalue weighted by Crippen LogP contribution is 2.41. The van der Waals surface area contributed by atoms with Crippen molar-refractivity contribution < 1.29 is 14.1 Å². The summed E-state index contributed by atoms with van der Waals surface area (Å²) >= 11 is 0. The van der Waals surface area contributed by atoms with Gasteiger partial charge in [0.15, 0.2) is 5.69 Å². The fourth-order valence-electron chi connectivity index (χ4n) is 4.06. The lowest BCUT2D eigenvalue weighted by molar-refractivity contribution is 0.0845. The summed E-state index contributed by atoms with van der Waals surface area (Å²) < 4.78 is 5.50. The van der Waals surface area contributed by atoms with Gasteiger partial charge in [-0.3, -0.25) is 25.2 Å². The Morgan fingerprint density at radius 3 is 2.43 bits per heavy atom. The van der Waals surface area contributed by atoms with Crippen LogP contribution in [0.25, 0.3) is 33.1 Å². The number of fused-ring (bicyclic) bond motifs is 2. The summed E-state index contributed by atoms with van der Waals surface area (Å²) in [6.45, 7) is 0. The molecular formula is C25H18N6O4. The van der Waals surface area contributed by atoms with E-state index in [9.17, 15) is 14.4 Å². The molecule has 35 heavy (non-hydrogen) atoms. The lowest BCUT2D eigenvalue weighted by Crippen LogP contribution is -2.42. The second-order valence-electron chi connectivity index (χ2n) is 8.30. The largest absolute Gasteiger partial charge is 0.335 e. The second-order valence-corrected chi connectivity index (χ2v) is 8.30. The molecule has 3 heterocycles. The lowest BCUT2D eigenvalue weighted by atomic mass is 10.0. The number of pyridine rings is 1. The van der Waals surface area contributed by atoms with Crippen molar-refractivity contribution >= 4 is 33.7 Å². The van der Waals surface area contributed by atoms with E-state index in [1.54, 1.807) is 30.3 Å². The minimum absolute atomic E-state index is 0.0194. The average molecular weight is 466 g/mol. The maximum Gasteiger partial charge on any atom is 0.290 e. The summed E-state index contributed by atoms with van der Waals surface area (Å²) in [7, 11) is 0.